The molecule has 0 radical (unpaired) electrons. The van der Waals surface area contributed by atoms with Gasteiger partial charge in [-0.15, -0.1) is 0 Å². The van der Waals surface area contributed by atoms with Gasteiger partial charge in [-0.2, -0.15) is 0 Å². The summed E-state index contributed by atoms with van der Waals surface area (Å²) in [7, 11) is 0. The van der Waals surface area contributed by atoms with E-state index in [0.717, 1.165) is 25.9 Å². The zero-order valence-electron chi connectivity index (χ0n) is 12.6. The first-order valence-corrected chi connectivity index (χ1v) is 7.19. The Morgan fingerprint density at radius 3 is 2.41 bits per heavy atom. The van der Waals surface area contributed by atoms with Gasteiger partial charge in [-0.25, -0.2) is 4.79 Å². The largest absolute Gasteiger partial charge is 0.476 e. The van der Waals surface area contributed by atoms with Gasteiger partial charge in [0.05, 0.1) is 0 Å². The number of nitrogens with zero attached hydrogens (tertiary/aromatic N) is 1. The molecule has 1 aromatic carbocycles. The number of ether oxygens (including phenoxy) is 1. The second-order valence-corrected chi connectivity index (χ2v) is 5.33. The molecule has 120 valence electrons. The van der Waals surface area contributed by atoms with Crippen molar-refractivity contribution < 1.29 is 14.6 Å². The minimum atomic E-state index is -1.24. The number of aliphatic carboxylic acids is 1. The molecule has 22 heavy (non-hydrogen) atoms. The molecule has 0 amide bonds. The highest BCUT2D eigenvalue weighted by Gasteiger charge is 2.23. The monoisotopic (exact) mass is 306 g/mol. The van der Waals surface area contributed by atoms with E-state index in [-0.39, 0.29) is 17.7 Å². The highest BCUT2D eigenvalue weighted by Crippen LogP contribution is 2.22. The number of piperidine rings is 1. The summed E-state index contributed by atoms with van der Waals surface area (Å²) in [6.07, 6.45) is 1.43. The van der Waals surface area contributed by atoms with E-state index in [9.17, 15) is 4.79 Å². The molecular weight excluding hydrogens is 284 g/mol. The standard InChI is InChI=1S/C15H22N4O3/c1-10-2-4-11(5-3-10)19-8-6-12(7-9-19)22-14(16)13(18-17)15(20)21/h2-5,12,18H,6-9,16-17H2,1H3,(H,20,21)/b14-13+. The van der Waals surface area contributed by atoms with E-state index >= 15 is 0 Å². The van der Waals surface area contributed by atoms with E-state index in [0.29, 0.717) is 0 Å². The van der Waals surface area contributed by atoms with Gasteiger partial charge in [0.25, 0.3) is 0 Å². The average molecular weight is 306 g/mol. The molecule has 1 aliphatic rings. The number of aryl methyl sites for hydroxylation is 1. The lowest BCUT2D eigenvalue weighted by Crippen LogP contribution is -2.38. The van der Waals surface area contributed by atoms with Crippen molar-refractivity contribution in [2.75, 3.05) is 18.0 Å². The van der Waals surface area contributed by atoms with Crippen LogP contribution in [0, 0.1) is 6.92 Å². The molecule has 0 saturated carbocycles. The molecule has 0 atom stereocenters. The molecule has 0 unspecified atom stereocenters. The van der Waals surface area contributed by atoms with E-state index in [2.05, 4.69) is 41.5 Å². The summed E-state index contributed by atoms with van der Waals surface area (Å²) in [6, 6.07) is 8.38. The predicted molar refractivity (Wildman–Crippen MR) is 83.7 cm³/mol. The number of rotatable bonds is 5. The average Bonchev–Trinajstić information content (AvgIpc) is 2.49. The van der Waals surface area contributed by atoms with Crippen LogP contribution in [-0.2, 0) is 9.53 Å². The molecule has 1 heterocycles. The third kappa shape index (κ3) is 3.82. The van der Waals surface area contributed by atoms with Crippen LogP contribution in [0.4, 0.5) is 5.69 Å². The lowest BCUT2D eigenvalue weighted by atomic mass is 10.1. The molecule has 1 aromatic rings. The van der Waals surface area contributed by atoms with Gasteiger partial charge in [-0.1, -0.05) is 17.7 Å². The van der Waals surface area contributed by atoms with Crippen LogP contribution >= 0.6 is 0 Å². The number of nitrogens with two attached hydrogens (primary N) is 2. The summed E-state index contributed by atoms with van der Waals surface area (Å²) < 4.78 is 5.52. The molecule has 0 aromatic heterocycles. The lowest BCUT2D eigenvalue weighted by Gasteiger charge is -2.33. The minimum Gasteiger partial charge on any atom is -0.476 e. The first-order valence-electron chi connectivity index (χ1n) is 7.19. The van der Waals surface area contributed by atoms with Crippen LogP contribution in [0.3, 0.4) is 0 Å². The quantitative estimate of drug-likeness (QED) is 0.273. The first-order chi connectivity index (χ1) is 10.5. The number of carboxylic acids is 1. The fourth-order valence-corrected chi connectivity index (χ4v) is 2.46. The molecule has 7 heteroatoms. The third-order valence-corrected chi connectivity index (χ3v) is 3.74. The highest BCUT2D eigenvalue weighted by atomic mass is 16.5. The summed E-state index contributed by atoms with van der Waals surface area (Å²) in [5, 5.41) is 8.92. The van der Waals surface area contributed by atoms with Crippen LogP contribution in [0.25, 0.3) is 0 Å². The Bertz CT molecular complexity index is 548. The molecule has 1 saturated heterocycles. The van der Waals surface area contributed by atoms with Crippen molar-refractivity contribution >= 4 is 11.7 Å². The number of hydrazine groups is 1. The van der Waals surface area contributed by atoms with Crippen molar-refractivity contribution in [1.29, 1.82) is 0 Å². The predicted octanol–water partition coefficient (Wildman–Crippen LogP) is 0.656. The van der Waals surface area contributed by atoms with Crippen LogP contribution in [0.1, 0.15) is 18.4 Å². The van der Waals surface area contributed by atoms with Crippen molar-refractivity contribution in [3.63, 3.8) is 0 Å². The van der Waals surface area contributed by atoms with Crippen LogP contribution in [0.2, 0.25) is 0 Å². The smallest absolute Gasteiger partial charge is 0.358 e. The Balaban J connectivity index is 1.92. The topological polar surface area (TPSA) is 114 Å². The van der Waals surface area contributed by atoms with Gasteiger partial charge >= 0.3 is 5.97 Å². The molecule has 0 aliphatic carbocycles. The van der Waals surface area contributed by atoms with Crippen molar-refractivity contribution in [1.82, 2.24) is 5.43 Å². The first kappa shape index (κ1) is 16.0. The Kier molecular flexibility index (Phi) is 5.11. The fraction of sp³-hybridized carbons (Fsp3) is 0.400. The number of hydrogen-bond donors (Lipinski definition) is 4. The molecule has 1 aliphatic heterocycles. The summed E-state index contributed by atoms with van der Waals surface area (Å²) >= 11 is 0. The highest BCUT2D eigenvalue weighted by molar-refractivity contribution is 5.86. The Morgan fingerprint density at radius 1 is 1.32 bits per heavy atom. The van der Waals surface area contributed by atoms with Crippen LogP contribution in [0.5, 0.6) is 0 Å². The van der Waals surface area contributed by atoms with E-state index in [1.807, 2.05) is 0 Å². The number of benzene rings is 1. The van der Waals surface area contributed by atoms with Crippen LogP contribution in [-0.4, -0.2) is 30.3 Å². The number of carboxylic acid groups (broad SMARTS) is 1. The number of nitrogens with one attached hydrogen (secondary N) is 1. The van der Waals surface area contributed by atoms with Gasteiger partial charge in [0.1, 0.15) is 6.10 Å². The van der Waals surface area contributed by atoms with Crippen LogP contribution in [0.15, 0.2) is 35.8 Å². The Hall–Kier alpha value is -2.41. The minimum absolute atomic E-state index is 0.107. The molecule has 0 spiro atoms. The fourth-order valence-electron chi connectivity index (χ4n) is 2.46. The molecular formula is C15H22N4O3. The van der Waals surface area contributed by atoms with Crippen molar-refractivity contribution in [3.05, 3.63) is 41.4 Å². The van der Waals surface area contributed by atoms with E-state index < -0.39 is 5.97 Å². The zero-order chi connectivity index (χ0) is 16.1. The second-order valence-electron chi connectivity index (χ2n) is 5.33. The SMILES string of the molecule is Cc1ccc(N2CCC(O/C(N)=C(/NN)C(=O)O)CC2)cc1. The molecule has 1 fully saturated rings. The van der Waals surface area contributed by atoms with Gasteiger partial charge in [-0.3, -0.25) is 5.84 Å². The maximum absolute atomic E-state index is 10.9. The van der Waals surface area contributed by atoms with Crippen molar-refractivity contribution in [2.45, 2.75) is 25.9 Å². The van der Waals surface area contributed by atoms with Gasteiger partial charge in [0.15, 0.2) is 5.70 Å². The second kappa shape index (κ2) is 7.04. The summed E-state index contributed by atoms with van der Waals surface area (Å²) in [4.78, 5) is 13.2. The number of anilines is 1. The summed E-state index contributed by atoms with van der Waals surface area (Å²) in [5.41, 5.74) is 9.79. The lowest BCUT2D eigenvalue weighted by molar-refractivity contribution is -0.133. The molecule has 6 N–H and O–H groups in total. The maximum atomic E-state index is 10.9. The van der Waals surface area contributed by atoms with Crippen molar-refractivity contribution in [3.8, 4) is 0 Å². The zero-order valence-corrected chi connectivity index (χ0v) is 12.6. The van der Waals surface area contributed by atoms with Gasteiger partial charge < -0.3 is 25.9 Å². The van der Waals surface area contributed by atoms with E-state index in [4.69, 9.17) is 21.4 Å². The maximum Gasteiger partial charge on any atom is 0.358 e. The molecule has 0 bridgehead atoms. The summed E-state index contributed by atoms with van der Waals surface area (Å²) in [6.45, 7) is 3.73. The third-order valence-electron chi connectivity index (χ3n) is 3.74. The Labute approximate surface area is 129 Å². The Morgan fingerprint density at radius 2 is 1.91 bits per heavy atom. The van der Waals surface area contributed by atoms with Gasteiger partial charge in [0.2, 0.25) is 5.88 Å². The van der Waals surface area contributed by atoms with Gasteiger partial charge in [0, 0.05) is 31.6 Å². The van der Waals surface area contributed by atoms with E-state index in [1.165, 1.54) is 11.3 Å². The normalized spacial score (nSPS) is 16.9. The van der Waals surface area contributed by atoms with Gasteiger partial charge in [-0.05, 0) is 19.1 Å². The van der Waals surface area contributed by atoms with Crippen molar-refractivity contribution in [2.24, 2.45) is 11.6 Å². The number of hydrogen-bond acceptors (Lipinski definition) is 6. The summed E-state index contributed by atoms with van der Waals surface area (Å²) in [5.74, 6) is 3.72. The molecule has 7 nitrogen and oxygen atoms in total. The number of carbonyl (C=O) groups is 1. The molecule has 2 rings (SSSR count). The van der Waals surface area contributed by atoms with Crippen LogP contribution < -0.4 is 21.9 Å². The van der Waals surface area contributed by atoms with E-state index in [1.54, 1.807) is 0 Å².